The van der Waals surface area contributed by atoms with Crippen LogP contribution in [-0.2, 0) is 0 Å². The van der Waals surface area contributed by atoms with Gasteiger partial charge in [0.2, 0.25) is 0 Å². The fourth-order valence-corrected chi connectivity index (χ4v) is 3.85. The van der Waals surface area contributed by atoms with E-state index < -0.39 is 0 Å². The number of nitrogen functional groups attached to an aromatic ring is 1. The first-order valence-corrected chi connectivity index (χ1v) is 8.00. The van der Waals surface area contributed by atoms with Crippen LogP contribution in [0.2, 0.25) is 5.02 Å². The second kappa shape index (κ2) is 5.85. The molecule has 3 N–H and O–H groups in total. The van der Waals surface area contributed by atoms with Gasteiger partial charge >= 0.3 is 0 Å². The molecule has 2 aliphatic heterocycles. The summed E-state index contributed by atoms with van der Waals surface area (Å²) in [5.74, 6) is -0.0514. The average molecular weight is 308 g/mol. The number of amides is 1. The SMILES string of the molecule is CN1C2CCCC1CC(NC(=O)c1ccc(N)c(Cl)c1)C2. The van der Waals surface area contributed by atoms with Crippen molar-refractivity contribution in [3.63, 3.8) is 0 Å². The van der Waals surface area contributed by atoms with Crippen LogP contribution < -0.4 is 11.1 Å². The van der Waals surface area contributed by atoms with Gasteiger partial charge in [-0.3, -0.25) is 4.79 Å². The van der Waals surface area contributed by atoms with E-state index in [2.05, 4.69) is 17.3 Å². The summed E-state index contributed by atoms with van der Waals surface area (Å²) in [6, 6.07) is 6.53. The first kappa shape index (κ1) is 14.7. The molecule has 0 radical (unpaired) electrons. The van der Waals surface area contributed by atoms with Crippen LogP contribution in [0.3, 0.4) is 0 Å². The van der Waals surface area contributed by atoms with Crippen LogP contribution in [0.25, 0.3) is 0 Å². The molecule has 3 rings (SSSR count). The van der Waals surface area contributed by atoms with E-state index in [-0.39, 0.29) is 11.9 Å². The molecule has 114 valence electrons. The molecule has 1 amide bonds. The van der Waals surface area contributed by atoms with Crippen LogP contribution in [0.1, 0.15) is 42.5 Å². The number of carbonyl (C=O) groups is 1. The summed E-state index contributed by atoms with van der Waals surface area (Å²) >= 11 is 5.99. The topological polar surface area (TPSA) is 58.4 Å². The number of halogens is 1. The molecule has 0 saturated carbocycles. The van der Waals surface area contributed by atoms with Crippen LogP contribution in [0.5, 0.6) is 0 Å². The Kier molecular flexibility index (Phi) is 4.09. The van der Waals surface area contributed by atoms with Crippen LogP contribution >= 0.6 is 11.6 Å². The van der Waals surface area contributed by atoms with Crippen molar-refractivity contribution in [3.8, 4) is 0 Å². The lowest BCUT2D eigenvalue weighted by Crippen LogP contribution is -2.55. The molecule has 0 aliphatic carbocycles. The number of piperidine rings is 2. The van der Waals surface area contributed by atoms with E-state index in [0.29, 0.717) is 28.4 Å². The Morgan fingerprint density at radius 1 is 1.33 bits per heavy atom. The van der Waals surface area contributed by atoms with Crippen LogP contribution in [0.4, 0.5) is 5.69 Å². The maximum atomic E-state index is 12.4. The van der Waals surface area contributed by atoms with E-state index in [1.54, 1.807) is 18.2 Å². The zero-order valence-electron chi connectivity index (χ0n) is 12.3. The normalized spacial score (nSPS) is 29.1. The predicted molar refractivity (Wildman–Crippen MR) is 85.5 cm³/mol. The van der Waals surface area contributed by atoms with E-state index in [4.69, 9.17) is 17.3 Å². The van der Waals surface area contributed by atoms with Gasteiger partial charge in [-0.15, -0.1) is 0 Å². The summed E-state index contributed by atoms with van der Waals surface area (Å²) in [5, 5.41) is 3.60. The first-order chi connectivity index (χ1) is 10.0. The summed E-state index contributed by atoms with van der Waals surface area (Å²) in [6.07, 6.45) is 5.89. The molecular formula is C16H22ClN3O. The number of nitrogens with one attached hydrogen (secondary N) is 1. The third kappa shape index (κ3) is 3.01. The van der Waals surface area contributed by atoms with Gasteiger partial charge in [0.15, 0.2) is 0 Å². The first-order valence-electron chi connectivity index (χ1n) is 7.62. The van der Waals surface area contributed by atoms with Crippen LogP contribution in [0, 0.1) is 0 Å². The zero-order chi connectivity index (χ0) is 15.0. The summed E-state index contributed by atoms with van der Waals surface area (Å²) in [7, 11) is 2.21. The number of anilines is 1. The standard InChI is InChI=1S/C16H22ClN3O/c1-20-12-3-2-4-13(20)9-11(8-12)19-16(21)10-5-6-15(18)14(17)7-10/h5-7,11-13H,2-4,8-9,18H2,1H3,(H,19,21). The summed E-state index contributed by atoms with van der Waals surface area (Å²) in [6.45, 7) is 0. The second-order valence-corrected chi connectivity index (χ2v) is 6.69. The number of fused-ring (bicyclic) bond motifs is 2. The Balaban J connectivity index is 1.66. The van der Waals surface area contributed by atoms with Crippen molar-refractivity contribution in [1.82, 2.24) is 10.2 Å². The van der Waals surface area contributed by atoms with Crippen molar-refractivity contribution in [2.45, 2.75) is 50.2 Å². The molecule has 2 fully saturated rings. The number of nitrogens with zero attached hydrogens (tertiary/aromatic N) is 1. The number of benzene rings is 1. The molecule has 2 atom stereocenters. The largest absolute Gasteiger partial charge is 0.398 e. The van der Waals surface area contributed by atoms with E-state index in [1.807, 2.05) is 0 Å². The molecule has 1 aromatic rings. The number of nitrogens with two attached hydrogens (primary N) is 1. The lowest BCUT2D eigenvalue weighted by atomic mass is 9.82. The van der Waals surface area contributed by atoms with Gasteiger partial charge in [0.25, 0.3) is 5.91 Å². The van der Waals surface area contributed by atoms with Crippen molar-refractivity contribution in [3.05, 3.63) is 28.8 Å². The Morgan fingerprint density at radius 2 is 2.00 bits per heavy atom. The monoisotopic (exact) mass is 307 g/mol. The van der Waals surface area contributed by atoms with Gasteiger partial charge in [-0.25, -0.2) is 0 Å². The minimum absolute atomic E-state index is 0.0514. The highest BCUT2D eigenvalue weighted by Crippen LogP contribution is 2.32. The lowest BCUT2D eigenvalue weighted by molar-refractivity contribution is 0.0463. The van der Waals surface area contributed by atoms with Crippen molar-refractivity contribution < 1.29 is 4.79 Å². The molecule has 0 spiro atoms. The highest BCUT2D eigenvalue weighted by molar-refractivity contribution is 6.33. The molecule has 0 aromatic heterocycles. The van der Waals surface area contributed by atoms with Crippen LogP contribution in [-0.4, -0.2) is 36.0 Å². The fourth-order valence-electron chi connectivity index (χ4n) is 3.67. The maximum Gasteiger partial charge on any atom is 0.251 e. The molecule has 1 aromatic carbocycles. The molecule has 21 heavy (non-hydrogen) atoms. The van der Waals surface area contributed by atoms with Crippen molar-refractivity contribution in [2.24, 2.45) is 0 Å². The molecule has 2 saturated heterocycles. The van der Waals surface area contributed by atoms with Crippen molar-refractivity contribution in [1.29, 1.82) is 0 Å². The van der Waals surface area contributed by atoms with E-state index >= 15 is 0 Å². The van der Waals surface area contributed by atoms with Gasteiger partial charge in [-0.05, 0) is 50.9 Å². The molecule has 2 bridgehead atoms. The van der Waals surface area contributed by atoms with E-state index in [9.17, 15) is 4.79 Å². The van der Waals surface area contributed by atoms with Crippen molar-refractivity contribution in [2.75, 3.05) is 12.8 Å². The highest BCUT2D eigenvalue weighted by atomic mass is 35.5. The molecule has 2 aliphatic rings. The quantitative estimate of drug-likeness (QED) is 0.826. The van der Waals surface area contributed by atoms with Gasteiger partial charge in [0, 0.05) is 23.7 Å². The highest BCUT2D eigenvalue weighted by Gasteiger charge is 2.36. The Hall–Kier alpha value is -1.26. The molecular weight excluding hydrogens is 286 g/mol. The molecule has 2 unspecified atom stereocenters. The zero-order valence-corrected chi connectivity index (χ0v) is 13.1. The van der Waals surface area contributed by atoms with Gasteiger partial charge in [-0.1, -0.05) is 18.0 Å². The van der Waals surface area contributed by atoms with Gasteiger partial charge in [0.05, 0.1) is 10.7 Å². The van der Waals surface area contributed by atoms with Gasteiger partial charge in [-0.2, -0.15) is 0 Å². The average Bonchev–Trinajstić information content (AvgIpc) is 2.43. The summed E-state index contributed by atoms with van der Waals surface area (Å²) in [5.41, 5.74) is 6.76. The second-order valence-electron chi connectivity index (χ2n) is 6.28. The maximum absolute atomic E-state index is 12.4. The number of rotatable bonds is 2. The van der Waals surface area contributed by atoms with Crippen LogP contribution in [0.15, 0.2) is 18.2 Å². The van der Waals surface area contributed by atoms with Crippen molar-refractivity contribution >= 4 is 23.2 Å². The Morgan fingerprint density at radius 3 is 2.62 bits per heavy atom. The Labute approximate surface area is 130 Å². The molecule has 2 heterocycles. The smallest absolute Gasteiger partial charge is 0.251 e. The molecule has 4 nitrogen and oxygen atoms in total. The van der Waals surface area contributed by atoms with E-state index in [0.717, 1.165) is 12.8 Å². The van der Waals surface area contributed by atoms with Gasteiger partial charge in [0.1, 0.15) is 0 Å². The molecule has 5 heteroatoms. The minimum atomic E-state index is -0.0514. The number of hydrogen-bond acceptors (Lipinski definition) is 3. The third-order valence-electron chi connectivity index (χ3n) is 4.94. The summed E-state index contributed by atoms with van der Waals surface area (Å²) < 4.78 is 0. The van der Waals surface area contributed by atoms with E-state index in [1.165, 1.54) is 19.3 Å². The van der Waals surface area contributed by atoms with Gasteiger partial charge < -0.3 is 16.0 Å². The third-order valence-corrected chi connectivity index (χ3v) is 5.27. The summed E-state index contributed by atoms with van der Waals surface area (Å²) in [4.78, 5) is 14.8. The Bertz CT molecular complexity index is 534. The fraction of sp³-hybridized carbons (Fsp3) is 0.562. The lowest BCUT2D eigenvalue weighted by Gasteiger charge is -2.47. The minimum Gasteiger partial charge on any atom is -0.398 e. The predicted octanol–water partition coefficient (Wildman–Crippen LogP) is 2.67. The number of hydrogen-bond donors (Lipinski definition) is 2. The number of carbonyl (C=O) groups excluding carboxylic acids is 1.